The fourth-order valence-electron chi connectivity index (χ4n) is 1.06. The largest absolute Gasteiger partial charge is 0.444 e. The summed E-state index contributed by atoms with van der Waals surface area (Å²) in [5, 5.41) is -3.05. The second-order valence-electron chi connectivity index (χ2n) is 3.18. The summed E-state index contributed by atoms with van der Waals surface area (Å²) in [7, 11) is 0. The summed E-state index contributed by atoms with van der Waals surface area (Å²) >= 11 is 15.6. The van der Waals surface area contributed by atoms with E-state index in [9.17, 15) is 26.3 Å². The van der Waals surface area contributed by atoms with Crippen LogP contribution in [0.15, 0.2) is 17.1 Å². The molecule has 106 valence electrons. The third-order valence-electron chi connectivity index (χ3n) is 1.78. The van der Waals surface area contributed by atoms with Gasteiger partial charge in [0.15, 0.2) is 0 Å². The van der Waals surface area contributed by atoms with E-state index in [1.165, 1.54) is 0 Å². The fraction of sp³-hybridized carbons (Fsp3) is 0.222. The Morgan fingerprint density at radius 1 is 1.00 bits per heavy atom. The highest BCUT2D eigenvalue weighted by atomic mass is 35.5. The molecule has 19 heavy (non-hydrogen) atoms. The van der Waals surface area contributed by atoms with Crippen molar-refractivity contribution in [3.05, 3.63) is 27.7 Å². The molecule has 0 amide bonds. The van der Waals surface area contributed by atoms with Crippen LogP contribution in [0.3, 0.4) is 0 Å². The minimum Gasteiger partial charge on any atom is -0.230 e. The van der Waals surface area contributed by atoms with Gasteiger partial charge in [0.1, 0.15) is 0 Å². The molecule has 0 saturated heterocycles. The lowest BCUT2D eigenvalue weighted by Gasteiger charge is -2.13. The number of hydrogen-bond donors (Lipinski definition) is 0. The highest BCUT2D eigenvalue weighted by molar-refractivity contribution is 6.67. The van der Waals surface area contributed by atoms with Crippen LogP contribution < -0.4 is 0 Å². The van der Waals surface area contributed by atoms with Gasteiger partial charge in [-0.2, -0.15) is 26.3 Å². The first-order valence-corrected chi connectivity index (χ1v) is 5.44. The van der Waals surface area contributed by atoms with E-state index in [2.05, 4.69) is 4.99 Å². The van der Waals surface area contributed by atoms with Crippen LogP contribution in [0.5, 0.6) is 0 Å². The van der Waals surface area contributed by atoms with Crippen molar-refractivity contribution >= 4 is 45.7 Å². The predicted molar refractivity (Wildman–Crippen MR) is 60.5 cm³/mol. The topological polar surface area (TPSA) is 12.4 Å². The van der Waals surface area contributed by atoms with E-state index < -0.39 is 33.8 Å². The number of alkyl halides is 6. The summed E-state index contributed by atoms with van der Waals surface area (Å²) in [6.07, 6.45) is -10.1. The highest BCUT2D eigenvalue weighted by Gasteiger charge is 2.38. The van der Waals surface area contributed by atoms with E-state index in [1.807, 2.05) is 0 Å². The van der Waals surface area contributed by atoms with Crippen molar-refractivity contribution < 1.29 is 26.3 Å². The van der Waals surface area contributed by atoms with Crippen LogP contribution in [0, 0.1) is 0 Å². The van der Waals surface area contributed by atoms with Crippen LogP contribution in [0.1, 0.15) is 5.56 Å². The molecule has 10 heteroatoms. The molecule has 0 aliphatic rings. The zero-order chi connectivity index (χ0) is 15.0. The first kappa shape index (κ1) is 16.4. The molecule has 0 aromatic heterocycles. The quantitative estimate of drug-likeness (QED) is 0.448. The molecule has 0 atom stereocenters. The first-order valence-electron chi connectivity index (χ1n) is 4.30. The lowest BCUT2D eigenvalue weighted by Crippen LogP contribution is -2.17. The number of hydrogen-bond acceptors (Lipinski definition) is 1. The zero-order valence-electron chi connectivity index (χ0n) is 8.50. The van der Waals surface area contributed by atoms with Crippen molar-refractivity contribution in [3.63, 3.8) is 0 Å². The molecule has 0 saturated carbocycles. The Bertz CT molecular complexity index is 520. The molecule has 1 nitrogen and oxygen atoms in total. The van der Waals surface area contributed by atoms with Crippen molar-refractivity contribution in [2.75, 3.05) is 0 Å². The van der Waals surface area contributed by atoms with Gasteiger partial charge in [-0.05, 0) is 12.1 Å². The van der Waals surface area contributed by atoms with Crippen molar-refractivity contribution in [2.45, 2.75) is 12.4 Å². The lowest BCUT2D eigenvalue weighted by atomic mass is 10.1. The van der Waals surface area contributed by atoms with Gasteiger partial charge in [0.25, 0.3) is 0 Å². The summed E-state index contributed by atoms with van der Waals surface area (Å²) in [4.78, 5) is 2.68. The summed E-state index contributed by atoms with van der Waals surface area (Å²) < 4.78 is 74.4. The van der Waals surface area contributed by atoms with E-state index in [1.54, 1.807) is 0 Å². The maximum Gasteiger partial charge on any atom is 0.444 e. The molecule has 1 aromatic rings. The normalized spacial score (nSPS) is 13.8. The Morgan fingerprint density at radius 3 is 1.95 bits per heavy atom. The Morgan fingerprint density at radius 2 is 1.53 bits per heavy atom. The van der Waals surface area contributed by atoms with Gasteiger partial charge in [-0.3, -0.25) is 0 Å². The zero-order valence-corrected chi connectivity index (χ0v) is 10.8. The van der Waals surface area contributed by atoms with Crippen LogP contribution in [-0.4, -0.2) is 11.3 Å². The Labute approximate surface area is 117 Å². The van der Waals surface area contributed by atoms with Gasteiger partial charge in [-0.1, -0.05) is 34.8 Å². The number of nitrogens with zero attached hydrogens (tertiary/aromatic N) is 1. The van der Waals surface area contributed by atoms with Gasteiger partial charge in [-0.25, -0.2) is 4.99 Å². The Kier molecular flexibility index (Phi) is 4.64. The maximum atomic E-state index is 12.6. The molecule has 0 aliphatic carbocycles. The Hall–Kier alpha value is -0.660. The molecule has 0 radical (unpaired) electrons. The van der Waals surface area contributed by atoms with Crippen LogP contribution in [0.4, 0.5) is 32.0 Å². The summed E-state index contributed by atoms with van der Waals surface area (Å²) in [6.45, 7) is 0. The second kappa shape index (κ2) is 5.38. The van der Waals surface area contributed by atoms with E-state index in [0.29, 0.717) is 6.07 Å². The molecular formula is C9H2Cl3F6N. The average molecular weight is 344 g/mol. The van der Waals surface area contributed by atoms with Gasteiger partial charge in [0.05, 0.1) is 16.3 Å². The van der Waals surface area contributed by atoms with Crippen LogP contribution in [0.2, 0.25) is 10.0 Å². The van der Waals surface area contributed by atoms with E-state index in [-0.39, 0.29) is 5.02 Å². The fourth-order valence-corrected chi connectivity index (χ4v) is 1.68. The molecule has 0 aliphatic heterocycles. The molecule has 1 rings (SSSR count). The van der Waals surface area contributed by atoms with E-state index in [4.69, 9.17) is 34.8 Å². The monoisotopic (exact) mass is 343 g/mol. The standard InChI is InChI=1S/C9H2Cl3F6N/c10-3-1-4(8(13,14)15)6(5(11)2-3)19-7(12)9(16,17)18/h1-2H. The summed E-state index contributed by atoms with van der Waals surface area (Å²) in [6, 6.07) is 1.24. The second-order valence-corrected chi connectivity index (χ2v) is 4.38. The molecule has 0 bridgehead atoms. The van der Waals surface area contributed by atoms with Crippen molar-refractivity contribution in [1.82, 2.24) is 0 Å². The van der Waals surface area contributed by atoms with Gasteiger partial charge < -0.3 is 0 Å². The number of benzene rings is 1. The van der Waals surface area contributed by atoms with Crippen molar-refractivity contribution in [1.29, 1.82) is 0 Å². The minimum absolute atomic E-state index is 0.389. The predicted octanol–water partition coefficient (Wildman–Crippen LogP) is 5.84. The Balaban J connectivity index is 3.52. The third-order valence-corrected chi connectivity index (χ3v) is 2.58. The molecule has 0 heterocycles. The van der Waals surface area contributed by atoms with Gasteiger partial charge in [0.2, 0.25) is 5.17 Å². The van der Waals surface area contributed by atoms with Crippen LogP contribution >= 0.6 is 34.8 Å². The molecule has 1 aromatic carbocycles. The smallest absolute Gasteiger partial charge is 0.230 e. The number of rotatable bonds is 1. The minimum atomic E-state index is -5.08. The molecule has 0 N–H and O–H groups in total. The molecule has 0 unspecified atom stereocenters. The highest BCUT2D eigenvalue weighted by Crippen LogP contribution is 2.43. The summed E-state index contributed by atoms with van der Waals surface area (Å²) in [5.74, 6) is 0. The average Bonchev–Trinajstić information content (AvgIpc) is 2.18. The van der Waals surface area contributed by atoms with Crippen molar-refractivity contribution in [2.24, 2.45) is 4.99 Å². The van der Waals surface area contributed by atoms with Crippen LogP contribution in [0.25, 0.3) is 0 Å². The molecule has 0 fully saturated rings. The van der Waals surface area contributed by atoms with Crippen molar-refractivity contribution in [3.8, 4) is 0 Å². The van der Waals surface area contributed by atoms with E-state index in [0.717, 1.165) is 6.07 Å². The number of aliphatic imine (C=N–C) groups is 1. The molecular weight excluding hydrogens is 342 g/mol. The third kappa shape index (κ3) is 4.15. The van der Waals surface area contributed by atoms with Crippen LogP contribution in [-0.2, 0) is 6.18 Å². The van der Waals surface area contributed by atoms with Gasteiger partial charge in [-0.15, -0.1) is 0 Å². The maximum absolute atomic E-state index is 12.6. The SMILES string of the molecule is FC(F)(F)C(Cl)=Nc1c(Cl)cc(Cl)cc1C(F)(F)F. The lowest BCUT2D eigenvalue weighted by molar-refractivity contribution is -0.137. The summed E-state index contributed by atoms with van der Waals surface area (Å²) in [5.41, 5.74) is -2.65. The first-order chi connectivity index (χ1) is 8.43. The molecule has 0 spiro atoms. The van der Waals surface area contributed by atoms with Gasteiger partial charge >= 0.3 is 12.4 Å². The van der Waals surface area contributed by atoms with E-state index >= 15 is 0 Å². The van der Waals surface area contributed by atoms with Gasteiger partial charge in [0, 0.05) is 5.02 Å². The number of halogens is 9.